The average Bonchev–Trinajstić information content (AvgIpc) is 2.25. The van der Waals surface area contributed by atoms with Gasteiger partial charge in [-0.2, -0.15) is 4.98 Å². The lowest BCUT2D eigenvalue weighted by Gasteiger charge is -2.07. The molecule has 0 saturated heterocycles. The van der Waals surface area contributed by atoms with Crippen molar-refractivity contribution in [3.8, 4) is 0 Å². The first-order valence-corrected chi connectivity index (χ1v) is 6.75. The van der Waals surface area contributed by atoms with Gasteiger partial charge < -0.3 is 5.32 Å². The molecule has 1 rings (SSSR count). The number of sulfonamides is 1. The molecule has 0 aromatic carbocycles. The smallest absolute Gasteiger partial charge is 0.239 e. The second kappa shape index (κ2) is 5.96. The van der Waals surface area contributed by atoms with Crippen LogP contribution < -0.4 is 21.7 Å². The quantitative estimate of drug-likeness (QED) is 0.313. The van der Waals surface area contributed by atoms with Crippen molar-refractivity contribution < 1.29 is 8.42 Å². The highest BCUT2D eigenvalue weighted by atomic mass is 35.5. The molecule has 0 atom stereocenters. The highest BCUT2D eigenvalue weighted by molar-refractivity contribution is 7.89. The fraction of sp³-hybridized carbons (Fsp3) is 0.429. The summed E-state index contributed by atoms with van der Waals surface area (Å²) in [4.78, 5) is 7.74. The third kappa shape index (κ3) is 5.13. The molecule has 0 aliphatic rings. The van der Waals surface area contributed by atoms with Crippen LogP contribution in [0.1, 0.15) is 6.42 Å². The molecule has 0 bridgehead atoms. The van der Waals surface area contributed by atoms with Gasteiger partial charge in [0.1, 0.15) is 5.02 Å². The van der Waals surface area contributed by atoms with Crippen LogP contribution in [0.25, 0.3) is 0 Å². The van der Waals surface area contributed by atoms with E-state index in [1.165, 1.54) is 6.20 Å². The number of hydrogen-bond acceptors (Lipinski definition) is 7. The second-order valence-corrected chi connectivity index (χ2v) is 5.32. The molecule has 0 spiro atoms. The highest BCUT2D eigenvalue weighted by Gasteiger charge is 2.05. The van der Waals surface area contributed by atoms with E-state index >= 15 is 0 Å². The Bertz CT molecular complexity index is 479. The van der Waals surface area contributed by atoms with Crippen molar-refractivity contribution in [3.05, 3.63) is 11.2 Å². The summed E-state index contributed by atoms with van der Waals surface area (Å²) >= 11 is 5.82. The Labute approximate surface area is 104 Å². The SMILES string of the molecule is NNc1ncc(Cl)c(NCCCS(N)(=O)=O)n1. The maximum absolute atomic E-state index is 10.7. The maximum atomic E-state index is 10.7. The lowest BCUT2D eigenvalue weighted by molar-refractivity contribution is 0.595. The Kier molecular flexibility index (Phi) is 4.87. The molecule has 0 aliphatic heterocycles. The van der Waals surface area contributed by atoms with Gasteiger partial charge in [-0.3, -0.25) is 5.43 Å². The zero-order valence-electron chi connectivity index (χ0n) is 8.85. The summed E-state index contributed by atoms with van der Waals surface area (Å²) in [6, 6.07) is 0. The molecule has 0 aliphatic carbocycles. The minimum atomic E-state index is -3.44. The average molecular weight is 281 g/mol. The van der Waals surface area contributed by atoms with Gasteiger partial charge in [0.2, 0.25) is 16.0 Å². The van der Waals surface area contributed by atoms with Crippen molar-refractivity contribution in [2.45, 2.75) is 6.42 Å². The first kappa shape index (κ1) is 13.9. The molecule has 96 valence electrons. The Balaban J connectivity index is 2.51. The molecule has 1 aromatic rings. The number of nitrogens with zero attached hydrogens (tertiary/aromatic N) is 2. The van der Waals surface area contributed by atoms with Crippen LogP contribution in [0, 0.1) is 0 Å². The molecule has 8 nitrogen and oxygen atoms in total. The number of hydrazine groups is 1. The summed E-state index contributed by atoms with van der Waals surface area (Å²) in [5.74, 6) is 5.62. The zero-order chi connectivity index (χ0) is 12.9. The number of rotatable bonds is 6. The van der Waals surface area contributed by atoms with E-state index < -0.39 is 10.0 Å². The molecule has 0 fully saturated rings. The van der Waals surface area contributed by atoms with E-state index in [0.29, 0.717) is 23.8 Å². The molecular formula is C7H13ClN6O2S. The molecule has 6 N–H and O–H groups in total. The van der Waals surface area contributed by atoms with Gasteiger partial charge in [-0.15, -0.1) is 0 Å². The van der Waals surface area contributed by atoms with E-state index in [2.05, 4.69) is 20.7 Å². The van der Waals surface area contributed by atoms with Gasteiger partial charge in [0, 0.05) is 6.54 Å². The standard InChI is InChI=1S/C7H13ClN6O2S/c8-5-4-12-7(14-9)13-6(5)11-2-1-3-17(10,15)16/h4H,1-3,9H2,(H2,10,15,16)(H2,11,12,13,14). The normalized spacial score (nSPS) is 11.2. The molecule has 0 saturated carbocycles. The maximum Gasteiger partial charge on any atom is 0.239 e. The summed E-state index contributed by atoms with van der Waals surface area (Å²) in [5.41, 5.74) is 2.27. The predicted molar refractivity (Wildman–Crippen MR) is 65.9 cm³/mol. The van der Waals surface area contributed by atoms with Crippen LogP contribution in [-0.2, 0) is 10.0 Å². The van der Waals surface area contributed by atoms with E-state index in [-0.39, 0.29) is 11.7 Å². The number of aromatic nitrogens is 2. The number of nitrogen functional groups attached to an aromatic ring is 1. The molecular weight excluding hydrogens is 268 g/mol. The molecule has 1 aromatic heterocycles. The Morgan fingerprint density at radius 2 is 2.18 bits per heavy atom. The first-order valence-electron chi connectivity index (χ1n) is 4.66. The fourth-order valence-corrected chi connectivity index (χ4v) is 1.75. The van der Waals surface area contributed by atoms with Crippen LogP contribution in [0.4, 0.5) is 11.8 Å². The van der Waals surface area contributed by atoms with E-state index in [1.807, 2.05) is 0 Å². The van der Waals surface area contributed by atoms with Gasteiger partial charge in [0.05, 0.1) is 11.9 Å². The van der Waals surface area contributed by atoms with Crippen LogP contribution in [0.5, 0.6) is 0 Å². The van der Waals surface area contributed by atoms with Crippen molar-refractivity contribution in [1.82, 2.24) is 9.97 Å². The van der Waals surface area contributed by atoms with Gasteiger partial charge in [-0.05, 0) is 6.42 Å². The summed E-state index contributed by atoms with van der Waals surface area (Å²) in [6.45, 7) is 0.372. The Hall–Kier alpha value is -1.16. The second-order valence-electron chi connectivity index (χ2n) is 3.18. The Morgan fingerprint density at radius 3 is 2.76 bits per heavy atom. The van der Waals surface area contributed by atoms with E-state index in [0.717, 1.165) is 0 Å². The monoisotopic (exact) mass is 280 g/mol. The van der Waals surface area contributed by atoms with Crippen molar-refractivity contribution in [2.75, 3.05) is 23.0 Å². The third-order valence-electron chi connectivity index (χ3n) is 1.77. The minimum Gasteiger partial charge on any atom is -0.369 e. The number of nitrogens with one attached hydrogen (secondary N) is 2. The molecule has 0 radical (unpaired) electrons. The molecule has 17 heavy (non-hydrogen) atoms. The summed E-state index contributed by atoms with van der Waals surface area (Å²) in [6.07, 6.45) is 1.73. The van der Waals surface area contributed by atoms with Gasteiger partial charge in [0.15, 0.2) is 5.82 Å². The van der Waals surface area contributed by atoms with Gasteiger partial charge >= 0.3 is 0 Å². The predicted octanol–water partition coefficient (Wildman–Crippen LogP) is -0.494. The van der Waals surface area contributed by atoms with Crippen LogP contribution in [0.3, 0.4) is 0 Å². The zero-order valence-corrected chi connectivity index (χ0v) is 10.4. The topological polar surface area (TPSA) is 136 Å². The van der Waals surface area contributed by atoms with E-state index in [1.54, 1.807) is 0 Å². The van der Waals surface area contributed by atoms with Crippen molar-refractivity contribution in [2.24, 2.45) is 11.0 Å². The molecule has 0 amide bonds. The van der Waals surface area contributed by atoms with Crippen molar-refractivity contribution in [1.29, 1.82) is 0 Å². The van der Waals surface area contributed by atoms with Crippen molar-refractivity contribution in [3.63, 3.8) is 0 Å². The first-order chi connectivity index (χ1) is 7.92. The van der Waals surface area contributed by atoms with E-state index in [4.69, 9.17) is 22.6 Å². The highest BCUT2D eigenvalue weighted by Crippen LogP contribution is 2.18. The van der Waals surface area contributed by atoms with Crippen LogP contribution in [0.15, 0.2) is 6.20 Å². The summed E-state index contributed by atoms with van der Waals surface area (Å²) < 4.78 is 21.4. The largest absolute Gasteiger partial charge is 0.369 e. The van der Waals surface area contributed by atoms with E-state index in [9.17, 15) is 8.42 Å². The van der Waals surface area contributed by atoms with Gasteiger partial charge in [0.25, 0.3) is 0 Å². The number of halogens is 1. The molecule has 1 heterocycles. The lowest BCUT2D eigenvalue weighted by Crippen LogP contribution is -2.19. The van der Waals surface area contributed by atoms with Gasteiger partial charge in [-0.1, -0.05) is 11.6 Å². The Morgan fingerprint density at radius 1 is 1.47 bits per heavy atom. The number of nitrogens with two attached hydrogens (primary N) is 2. The van der Waals surface area contributed by atoms with Crippen molar-refractivity contribution >= 4 is 33.4 Å². The minimum absolute atomic E-state index is 0.106. The summed E-state index contributed by atoms with van der Waals surface area (Å²) in [5, 5.41) is 8.04. The van der Waals surface area contributed by atoms with Gasteiger partial charge in [-0.25, -0.2) is 24.4 Å². The number of primary sulfonamides is 1. The third-order valence-corrected chi connectivity index (χ3v) is 2.91. The fourth-order valence-electron chi connectivity index (χ4n) is 1.04. The molecule has 0 unspecified atom stereocenters. The lowest BCUT2D eigenvalue weighted by atomic mass is 10.4. The number of hydrogen-bond donors (Lipinski definition) is 4. The molecule has 10 heteroatoms. The van der Waals surface area contributed by atoms with Crippen LogP contribution in [0.2, 0.25) is 5.02 Å². The van der Waals surface area contributed by atoms with Crippen LogP contribution in [-0.4, -0.2) is 30.7 Å². The summed E-state index contributed by atoms with van der Waals surface area (Å²) in [7, 11) is -3.44. The number of anilines is 2. The van der Waals surface area contributed by atoms with Crippen LogP contribution >= 0.6 is 11.6 Å².